The van der Waals surface area contributed by atoms with E-state index >= 15 is 0 Å². The zero-order valence-corrected chi connectivity index (χ0v) is 16.9. The summed E-state index contributed by atoms with van der Waals surface area (Å²) >= 11 is 0.932. The summed E-state index contributed by atoms with van der Waals surface area (Å²) in [6.07, 6.45) is 9.58. The Balaban J connectivity index is 1.61. The summed E-state index contributed by atoms with van der Waals surface area (Å²) in [5.74, 6) is -0.314. The molecule has 4 rings (SSSR count). The van der Waals surface area contributed by atoms with Crippen LogP contribution in [-0.4, -0.2) is 39.1 Å². The first kappa shape index (κ1) is 19.5. The lowest BCUT2D eigenvalue weighted by Gasteiger charge is -2.12. The molecule has 0 radical (unpaired) electrons. The van der Waals surface area contributed by atoms with Crippen LogP contribution >= 0.6 is 11.8 Å². The van der Waals surface area contributed by atoms with E-state index in [9.17, 15) is 14.4 Å². The zero-order chi connectivity index (χ0) is 20.4. The van der Waals surface area contributed by atoms with Gasteiger partial charge in [-0.15, -0.1) is 6.58 Å². The highest BCUT2D eigenvalue weighted by molar-refractivity contribution is 8.18. The third-order valence-electron chi connectivity index (χ3n) is 5.33. The summed E-state index contributed by atoms with van der Waals surface area (Å²) in [4.78, 5) is 38.7. The monoisotopic (exact) mass is 409 g/mol. The number of nitrogens with one attached hydrogen (secondary N) is 1. The molecule has 150 valence electrons. The first-order chi connectivity index (χ1) is 14.1. The van der Waals surface area contributed by atoms with Gasteiger partial charge in [-0.2, -0.15) is 0 Å². The molecule has 0 unspecified atom stereocenters. The maximum absolute atomic E-state index is 12.5. The van der Waals surface area contributed by atoms with E-state index in [0.717, 1.165) is 41.1 Å². The van der Waals surface area contributed by atoms with Gasteiger partial charge in [0.05, 0.1) is 4.91 Å². The number of hydrogen-bond acceptors (Lipinski definition) is 4. The first-order valence-electron chi connectivity index (χ1n) is 9.80. The van der Waals surface area contributed by atoms with Crippen molar-refractivity contribution >= 4 is 45.8 Å². The molecule has 1 aliphatic heterocycles. The number of rotatable bonds is 6. The minimum absolute atomic E-state index is 0.00416. The fraction of sp³-hybridized carbons (Fsp3) is 0.318. The Morgan fingerprint density at radius 1 is 1.24 bits per heavy atom. The number of imide groups is 1. The smallest absolute Gasteiger partial charge is 0.293 e. The van der Waals surface area contributed by atoms with Gasteiger partial charge in [-0.3, -0.25) is 19.3 Å². The minimum atomic E-state index is -0.310. The number of thioether (sulfide) groups is 1. The largest absolute Gasteiger partial charge is 0.352 e. The molecule has 3 amide bonds. The molecular formula is C22H23N3O3S. The summed E-state index contributed by atoms with van der Waals surface area (Å²) < 4.78 is 1.90. The standard InChI is InChI=1S/C22H23N3O3S/c1-2-11-25-21(27)19(29-22(25)28)12-15-13-24(18-10-6-5-9-17(15)18)14-20(26)23-16-7-3-4-8-16/h2,5-6,9-10,12-13,16H,1,3-4,7-8,11,14H2,(H,23,26)/b19-12-. The number of hydrogen-bond donors (Lipinski definition) is 1. The summed E-state index contributed by atoms with van der Waals surface area (Å²) in [6.45, 7) is 4.02. The van der Waals surface area contributed by atoms with Crippen molar-refractivity contribution < 1.29 is 14.4 Å². The highest BCUT2D eigenvalue weighted by Gasteiger charge is 2.34. The van der Waals surface area contributed by atoms with Crippen molar-refractivity contribution in [3.05, 3.63) is 53.6 Å². The summed E-state index contributed by atoms with van der Waals surface area (Å²) in [6, 6.07) is 8.04. The molecule has 1 aliphatic carbocycles. The molecule has 2 heterocycles. The molecule has 0 atom stereocenters. The van der Waals surface area contributed by atoms with E-state index < -0.39 is 0 Å². The molecule has 2 aromatic rings. The molecule has 1 saturated carbocycles. The van der Waals surface area contributed by atoms with Crippen LogP contribution in [0.4, 0.5) is 4.79 Å². The Hall–Kier alpha value is -2.80. The van der Waals surface area contributed by atoms with Crippen LogP contribution in [0.2, 0.25) is 0 Å². The van der Waals surface area contributed by atoms with Crippen LogP contribution in [0.1, 0.15) is 31.2 Å². The number of carbonyl (C=O) groups is 3. The van der Waals surface area contributed by atoms with Crippen molar-refractivity contribution in [1.29, 1.82) is 0 Å². The van der Waals surface area contributed by atoms with Gasteiger partial charge in [0.1, 0.15) is 6.54 Å². The second kappa shape index (κ2) is 8.29. The highest BCUT2D eigenvalue weighted by Crippen LogP contribution is 2.34. The number of aromatic nitrogens is 1. The molecule has 0 spiro atoms. The van der Waals surface area contributed by atoms with Crippen LogP contribution in [0.15, 0.2) is 48.0 Å². The van der Waals surface area contributed by atoms with E-state index in [1.54, 1.807) is 6.08 Å². The average Bonchev–Trinajstić information content (AvgIpc) is 3.39. The summed E-state index contributed by atoms with van der Waals surface area (Å²) in [5, 5.41) is 3.76. The first-order valence-corrected chi connectivity index (χ1v) is 10.6. The maximum atomic E-state index is 12.5. The van der Waals surface area contributed by atoms with Gasteiger partial charge in [0.15, 0.2) is 0 Å². The maximum Gasteiger partial charge on any atom is 0.293 e. The third-order valence-corrected chi connectivity index (χ3v) is 6.23. The number of fused-ring (bicyclic) bond motifs is 1. The number of carbonyl (C=O) groups excluding carboxylic acids is 3. The lowest BCUT2D eigenvalue weighted by atomic mass is 10.1. The zero-order valence-electron chi connectivity index (χ0n) is 16.1. The quantitative estimate of drug-likeness (QED) is 0.580. The second-order valence-corrected chi connectivity index (χ2v) is 8.35. The van der Waals surface area contributed by atoms with E-state index in [4.69, 9.17) is 0 Å². The van der Waals surface area contributed by atoms with Crippen LogP contribution in [-0.2, 0) is 16.1 Å². The van der Waals surface area contributed by atoms with Crippen molar-refractivity contribution in [2.75, 3.05) is 6.54 Å². The normalized spacial score (nSPS) is 18.9. The number of benzene rings is 1. The number of amides is 3. The molecule has 1 saturated heterocycles. The average molecular weight is 410 g/mol. The van der Waals surface area contributed by atoms with Gasteiger partial charge in [0, 0.05) is 35.2 Å². The van der Waals surface area contributed by atoms with Crippen LogP contribution in [0.3, 0.4) is 0 Å². The van der Waals surface area contributed by atoms with E-state index in [2.05, 4.69) is 11.9 Å². The fourth-order valence-electron chi connectivity index (χ4n) is 3.95. The van der Waals surface area contributed by atoms with Gasteiger partial charge in [-0.1, -0.05) is 37.1 Å². The van der Waals surface area contributed by atoms with Gasteiger partial charge >= 0.3 is 0 Å². The number of nitrogens with zero attached hydrogens (tertiary/aromatic N) is 2. The highest BCUT2D eigenvalue weighted by atomic mass is 32.2. The molecule has 2 aliphatic rings. The lowest BCUT2D eigenvalue weighted by Crippen LogP contribution is -2.35. The third kappa shape index (κ3) is 4.00. The molecular weight excluding hydrogens is 386 g/mol. The molecule has 1 N–H and O–H groups in total. The fourth-order valence-corrected chi connectivity index (χ4v) is 4.79. The summed E-state index contributed by atoms with van der Waals surface area (Å²) in [5.41, 5.74) is 1.74. The number of para-hydroxylation sites is 1. The van der Waals surface area contributed by atoms with E-state index in [-0.39, 0.29) is 36.2 Å². The van der Waals surface area contributed by atoms with E-state index in [0.29, 0.717) is 4.91 Å². The molecule has 1 aromatic carbocycles. The SMILES string of the molecule is C=CCN1C(=O)S/C(=C\c2cn(CC(=O)NC3CCCC3)c3ccccc23)C1=O. The van der Waals surface area contributed by atoms with E-state index in [1.807, 2.05) is 35.0 Å². The Morgan fingerprint density at radius 2 is 2.00 bits per heavy atom. The Bertz CT molecular complexity index is 1020. The minimum Gasteiger partial charge on any atom is -0.352 e. The topological polar surface area (TPSA) is 71.4 Å². The van der Waals surface area contributed by atoms with Crippen molar-refractivity contribution in [2.45, 2.75) is 38.3 Å². The van der Waals surface area contributed by atoms with Gasteiger partial charge in [-0.25, -0.2) is 0 Å². The summed E-state index contributed by atoms with van der Waals surface area (Å²) in [7, 11) is 0. The molecule has 1 aromatic heterocycles. The Morgan fingerprint density at radius 3 is 2.76 bits per heavy atom. The van der Waals surface area contributed by atoms with Crippen LogP contribution < -0.4 is 5.32 Å². The predicted octanol–water partition coefficient (Wildman–Crippen LogP) is 3.92. The van der Waals surface area contributed by atoms with Gasteiger partial charge in [0.2, 0.25) is 5.91 Å². The molecule has 0 bridgehead atoms. The van der Waals surface area contributed by atoms with Gasteiger partial charge in [0.25, 0.3) is 11.1 Å². The molecule has 6 nitrogen and oxygen atoms in total. The molecule has 2 fully saturated rings. The van der Waals surface area contributed by atoms with Gasteiger partial charge in [-0.05, 0) is 36.7 Å². The predicted molar refractivity (Wildman–Crippen MR) is 115 cm³/mol. The lowest BCUT2D eigenvalue weighted by molar-refractivity contribution is -0.123. The van der Waals surface area contributed by atoms with Crippen molar-refractivity contribution in [3.63, 3.8) is 0 Å². The Kier molecular flexibility index (Phi) is 5.58. The van der Waals surface area contributed by atoms with Crippen molar-refractivity contribution in [2.24, 2.45) is 0 Å². The van der Waals surface area contributed by atoms with Gasteiger partial charge < -0.3 is 9.88 Å². The van der Waals surface area contributed by atoms with Crippen LogP contribution in [0, 0.1) is 0 Å². The van der Waals surface area contributed by atoms with Crippen LogP contribution in [0.25, 0.3) is 17.0 Å². The molecule has 29 heavy (non-hydrogen) atoms. The van der Waals surface area contributed by atoms with Crippen molar-refractivity contribution in [3.8, 4) is 0 Å². The van der Waals surface area contributed by atoms with Crippen LogP contribution in [0.5, 0.6) is 0 Å². The Labute approximate surface area is 173 Å². The van der Waals surface area contributed by atoms with E-state index in [1.165, 1.54) is 23.8 Å². The molecule has 7 heteroatoms. The second-order valence-electron chi connectivity index (χ2n) is 7.36. The van der Waals surface area contributed by atoms with Crippen molar-refractivity contribution in [1.82, 2.24) is 14.8 Å².